The zero-order chi connectivity index (χ0) is 11.6. The molecular weight excluding hydrogens is 206 g/mol. The smallest absolute Gasteiger partial charge is 0.337 e. The summed E-state index contributed by atoms with van der Waals surface area (Å²) in [4.78, 5) is 15.8. The van der Waals surface area contributed by atoms with Crippen LogP contribution in [0.3, 0.4) is 0 Å². The van der Waals surface area contributed by atoms with Gasteiger partial charge in [-0.3, -0.25) is 0 Å². The van der Waals surface area contributed by atoms with Crippen molar-refractivity contribution in [1.82, 2.24) is 0 Å². The molecule has 0 bridgehead atoms. The van der Waals surface area contributed by atoms with Crippen molar-refractivity contribution in [3.63, 3.8) is 0 Å². The summed E-state index contributed by atoms with van der Waals surface area (Å²) in [5.41, 5.74) is -0.0799. The minimum atomic E-state index is -0.990. The zero-order valence-corrected chi connectivity index (χ0v) is 9.21. The highest BCUT2D eigenvalue weighted by Crippen LogP contribution is 2.36. The molecule has 1 aromatic rings. The third-order valence-corrected chi connectivity index (χ3v) is 2.73. The van der Waals surface area contributed by atoms with Gasteiger partial charge in [0, 0.05) is 0 Å². The minimum Gasteiger partial charge on any atom is -0.472 e. The Morgan fingerprint density at radius 2 is 2.12 bits per heavy atom. The van der Waals surface area contributed by atoms with Crippen LogP contribution >= 0.6 is 0 Å². The lowest BCUT2D eigenvalue weighted by atomic mass is 9.90. The first-order valence-electron chi connectivity index (χ1n) is 5.01. The van der Waals surface area contributed by atoms with Crippen molar-refractivity contribution in [2.45, 2.75) is 18.6 Å². The second-order valence-electron chi connectivity index (χ2n) is 3.80. The van der Waals surface area contributed by atoms with Crippen molar-refractivity contribution in [2.75, 3.05) is 7.11 Å². The van der Waals surface area contributed by atoms with E-state index >= 15 is 0 Å². The lowest BCUT2D eigenvalue weighted by Gasteiger charge is -2.24. The van der Waals surface area contributed by atoms with Gasteiger partial charge in [0.05, 0.1) is 7.11 Å². The molecule has 0 aromatic heterocycles. The van der Waals surface area contributed by atoms with Crippen molar-refractivity contribution < 1.29 is 14.3 Å². The fraction of sp³-hybridized carbons (Fsp3) is 0.333. The van der Waals surface area contributed by atoms with Crippen LogP contribution in [0.5, 0.6) is 0 Å². The number of aliphatic imine (C=N–C) groups is 1. The molecule has 4 heteroatoms. The molecule has 1 aromatic carbocycles. The standard InChI is InChI=1S/C12H13NO3/c1-12(11(14)15-2)10(16-8-13-12)9-6-4-3-5-7-9/h3-8,10H,1-2H3/t10-,12-/m0/s1. The number of nitrogens with zero attached hydrogens (tertiary/aromatic N) is 1. The number of hydrogen-bond donors (Lipinski definition) is 0. The van der Waals surface area contributed by atoms with E-state index in [0.29, 0.717) is 0 Å². The van der Waals surface area contributed by atoms with Gasteiger partial charge in [-0.15, -0.1) is 0 Å². The van der Waals surface area contributed by atoms with Crippen LogP contribution in [0.15, 0.2) is 35.3 Å². The molecule has 0 fully saturated rings. The number of rotatable bonds is 2. The molecule has 0 spiro atoms. The van der Waals surface area contributed by atoms with Gasteiger partial charge in [-0.2, -0.15) is 0 Å². The third kappa shape index (κ3) is 1.56. The molecule has 0 saturated carbocycles. The van der Waals surface area contributed by atoms with E-state index in [1.807, 2.05) is 30.3 Å². The van der Waals surface area contributed by atoms with Crippen molar-refractivity contribution in [1.29, 1.82) is 0 Å². The van der Waals surface area contributed by atoms with Gasteiger partial charge in [-0.1, -0.05) is 30.3 Å². The van der Waals surface area contributed by atoms with Gasteiger partial charge in [0.15, 0.2) is 18.0 Å². The molecule has 0 amide bonds. The predicted octanol–water partition coefficient (Wildman–Crippen LogP) is 1.72. The number of benzene rings is 1. The van der Waals surface area contributed by atoms with Crippen LogP contribution < -0.4 is 0 Å². The van der Waals surface area contributed by atoms with E-state index in [0.717, 1.165) is 5.56 Å². The highest BCUT2D eigenvalue weighted by molar-refractivity contribution is 5.84. The summed E-state index contributed by atoms with van der Waals surface area (Å²) < 4.78 is 10.1. The Balaban J connectivity index is 2.34. The topological polar surface area (TPSA) is 47.9 Å². The van der Waals surface area contributed by atoms with E-state index in [-0.39, 0.29) is 0 Å². The van der Waals surface area contributed by atoms with E-state index < -0.39 is 17.6 Å². The molecule has 16 heavy (non-hydrogen) atoms. The largest absolute Gasteiger partial charge is 0.472 e. The Morgan fingerprint density at radius 3 is 2.75 bits per heavy atom. The monoisotopic (exact) mass is 219 g/mol. The van der Waals surface area contributed by atoms with Gasteiger partial charge >= 0.3 is 5.97 Å². The van der Waals surface area contributed by atoms with Gasteiger partial charge in [0.1, 0.15) is 0 Å². The van der Waals surface area contributed by atoms with E-state index in [2.05, 4.69) is 4.99 Å². The van der Waals surface area contributed by atoms with E-state index in [9.17, 15) is 4.79 Å². The van der Waals surface area contributed by atoms with E-state index in [4.69, 9.17) is 9.47 Å². The summed E-state index contributed by atoms with van der Waals surface area (Å²) in [5, 5.41) is 0. The Labute approximate surface area is 93.9 Å². The zero-order valence-electron chi connectivity index (χ0n) is 9.21. The molecule has 2 rings (SSSR count). The van der Waals surface area contributed by atoms with Gasteiger partial charge in [0.25, 0.3) is 0 Å². The molecule has 84 valence electrons. The normalized spacial score (nSPS) is 27.5. The third-order valence-electron chi connectivity index (χ3n) is 2.73. The number of ether oxygens (including phenoxy) is 2. The first-order valence-corrected chi connectivity index (χ1v) is 5.01. The SMILES string of the molecule is COC(=O)[C@@]1(C)N=CO[C@H]1c1ccccc1. The molecule has 0 unspecified atom stereocenters. The predicted molar refractivity (Wildman–Crippen MR) is 59.2 cm³/mol. The molecule has 0 radical (unpaired) electrons. The Kier molecular flexibility index (Phi) is 2.64. The summed E-state index contributed by atoms with van der Waals surface area (Å²) in [7, 11) is 1.35. The molecule has 1 aliphatic rings. The second-order valence-corrected chi connectivity index (χ2v) is 3.80. The van der Waals surface area contributed by atoms with Crippen LogP contribution in [-0.4, -0.2) is 25.0 Å². The number of hydrogen-bond acceptors (Lipinski definition) is 4. The van der Waals surface area contributed by atoms with Gasteiger partial charge in [0.2, 0.25) is 0 Å². The molecule has 0 N–H and O–H groups in total. The Hall–Kier alpha value is -1.84. The number of carbonyl (C=O) groups excluding carboxylic acids is 1. The summed E-state index contributed by atoms with van der Waals surface area (Å²) in [6, 6.07) is 9.51. The van der Waals surface area contributed by atoms with Crippen LogP contribution in [0.2, 0.25) is 0 Å². The Morgan fingerprint density at radius 1 is 1.44 bits per heavy atom. The van der Waals surface area contributed by atoms with E-state index in [1.165, 1.54) is 13.5 Å². The molecule has 4 nitrogen and oxygen atoms in total. The number of methoxy groups -OCH3 is 1. The summed E-state index contributed by atoms with van der Waals surface area (Å²) in [6.07, 6.45) is 0.898. The van der Waals surface area contributed by atoms with E-state index in [1.54, 1.807) is 6.92 Å². The van der Waals surface area contributed by atoms with Crippen molar-refractivity contribution >= 4 is 12.4 Å². The molecule has 0 saturated heterocycles. The fourth-order valence-electron chi connectivity index (χ4n) is 1.80. The van der Waals surface area contributed by atoms with Gasteiger partial charge in [-0.05, 0) is 12.5 Å². The van der Waals surface area contributed by atoms with Crippen LogP contribution in [0.4, 0.5) is 0 Å². The molecule has 2 atom stereocenters. The fourth-order valence-corrected chi connectivity index (χ4v) is 1.80. The summed E-state index contributed by atoms with van der Waals surface area (Å²) >= 11 is 0. The highest BCUT2D eigenvalue weighted by Gasteiger charge is 2.47. The molecule has 1 heterocycles. The average molecular weight is 219 g/mol. The van der Waals surface area contributed by atoms with Gasteiger partial charge in [-0.25, -0.2) is 9.79 Å². The maximum Gasteiger partial charge on any atom is 0.337 e. The summed E-state index contributed by atoms with van der Waals surface area (Å²) in [6.45, 7) is 1.71. The molecule has 0 aliphatic carbocycles. The Bertz CT molecular complexity index is 416. The van der Waals surface area contributed by atoms with Crippen molar-refractivity contribution in [3.05, 3.63) is 35.9 Å². The number of esters is 1. The molecular formula is C12H13NO3. The summed E-state index contributed by atoms with van der Waals surface area (Å²) in [5.74, 6) is -0.393. The first-order chi connectivity index (χ1) is 7.68. The lowest BCUT2D eigenvalue weighted by molar-refractivity contribution is -0.149. The van der Waals surface area contributed by atoms with Crippen LogP contribution in [-0.2, 0) is 14.3 Å². The number of carbonyl (C=O) groups is 1. The van der Waals surface area contributed by atoms with Crippen LogP contribution in [0.25, 0.3) is 0 Å². The van der Waals surface area contributed by atoms with Gasteiger partial charge < -0.3 is 9.47 Å². The minimum absolute atomic E-state index is 0.393. The van der Waals surface area contributed by atoms with Crippen LogP contribution in [0.1, 0.15) is 18.6 Å². The molecule has 1 aliphatic heterocycles. The second kappa shape index (κ2) is 3.96. The highest BCUT2D eigenvalue weighted by atomic mass is 16.5. The van der Waals surface area contributed by atoms with Crippen molar-refractivity contribution in [3.8, 4) is 0 Å². The average Bonchev–Trinajstić information content (AvgIpc) is 2.72. The first kappa shape index (κ1) is 10.7. The van der Waals surface area contributed by atoms with Crippen molar-refractivity contribution in [2.24, 2.45) is 4.99 Å². The maximum absolute atomic E-state index is 11.7. The maximum atomic E-state index is 11.7. The lowest BCUT2D eigenvalue weighted by Crippen LogP contribution is -2.38. The quantitative estimate of drug-likeness (QED) is 0.711. The van der Waals surface area contributed by atoms with Crippen LogP contribution in [0, 0.1) is 0 Å².